The average molecular weight is 467 g/mol. The summed E-state index contributed by atoms with van der Waals surface area (Å²) in [6.45, 7) is 0.208. The van der Waals surface area contributed by atoms with Gasteiger partial charge in [-0.05, 0) is 41.8 Å². The number of hydrogen-bond acceptors (Lipinski definition) is 5. The first-order chi connectivity index (χ1) is 16.3. The number of amides is 4. The largest absolute Gasteiger partial charge is 0.485 e. The third-order valence-electron chi connectivity index (χ3n) is 6.11. The summed E-state index contributed by atoms with van der Waals surface area (Å²) in [5.74, 6) is -3.84. The van der Waals surface area contributed by atoms with Crippen molar-refractivity contribution in [2.45, 2.75) is 32.0 Å². The van der Waals surface area contributed by atoms with Gasteiger partial charge in [-0.2, -0.15) is 4.39 Å². The van der Waals surface area contributed by atoms with Crippen molar-refractivity contribution >= 4 is 29.7 Å². The number of ether oxygens (including phenoxy) is 1. The van der Waals surface area contributed by atoms with Gasteiger partial charge in [0.1, 0.15) is 12.6 Å². The minimum absolute atomic E-state index is 0.167. The Morgan fingerprint density at radius 1 is 1.18 bits per heavy atom. The highest BCUT2D eigenvalue weighted by Crippen LogP contribution is 2.31. The zero-order chi connectivity index (χ0) is 24.0. The van der Waals surface area contributed by atoms with Crippen LogP contribution >= 0.6 is 0 Å². The highest BCUT2D eigenvalue weighted by atomic mass is 19.2. The molecule has 0 spiro atoms. The SMILES string of the molecule is O=C1CCC(N2Cc3cc(CNC(=O)C4=Cc5ccc(F)c(F)c5OC4)ccc3C2=O)C(=O)N1. The summed E-state index contributed by atoms with van der Waals surface area (Å²) in [5.41, 5.74) is 2.50. The van der Waals surface area contributed by atoms with Gasteiger partial charge in [0.15, 0.2) is 11.6 Å². The van der Waals surface area contributed by atoms with Gasteiger partial charge in [-0.1, -0.05) is 12.1 Å². The van der Waals surface area contributed by atoms with Crippen LogP contribution in [0.4, 0.5) is 8.78 Å². The van der Waals surface area contributed by atoms with Gasteiger partial charge < -0.3 is 15.0 Å². The van der Waals surface area contributed by atoms with Crippen LogP contribution < -0.4 is 15.4 Å². The van der Waals surface area contributed by atoms with E-state index in [9.17, 15) is 28.0 Å². The van der Waals surface area contributed by atoms with E-state index in [1.807, 2.05) is 0 Å². The van der Waals surface area contributed by atoms with Gasteiger partial charge >= 0.3 is 0 Å². The molecule has 174 valence electrons. The number of carbonyl (C=O) groups is 4. The zero-order valence-electron chi connectivity index (χ0n) is 17.8. The Balaban J connectivity index is 1.25. The summed E-state index contributed by atoms with van der Waals surface area (Å²) in [6, 6.07) is 6.77. The van der Waals surface area contributed by atoms with E-state index in [4.69, 9.17) is 4.74 Å². The maximum atomic E-state index is 13.8. The Labute approximate surface area is 192 Å². The number of fused-ring (bicyclic) bond motifs is 2. The smallest absolute Gasteiger partial charge is 0.255 e. The lowest BCUT2D eigenvalue weighted by molar-refractivity contribution is -0.137. The number of rotatable bonds is 4. The number of carbonyl (C=O) groups excluding carboxylic acids is 4. The van der Waals surface area contributed by atoms with Crippen LogP contribution in [0.5, 0.6) is 5.75 Å². The number of hydrogen-bond donors (Lipinski definition) is 2. The molecule has 1 saturated heterocycles. The molecule has 0 aliphatic carbocycles. The molecule has 1 atom stereocenters. The van der Waals surface area contributed by atoms with Gasteiger partial charge in [0, 0.05) is 30.6 Å². The van der Waals surface area contributed by atoms with Crippen LogP contribution in [0.1, 0.15) is 39.9 Å². The van der Waals surface area contributed by atoms with Crippen LogP contribution in [-0.2, 0) is 27.5 Å². The molecule has 0 bridgehead atoms. The van der Waals surface area contributed by atoms with Gasteiger partial charge in [0.2, 0.25) is 17.6 Å². The fraction of sp³-hybridized carbons (Fsp3) is 0.250. The lowest BCUT2D eigenvalue weighted by Crippen LogP contribution is -2.52. The molecule has 3 heterocycles. The summed E-state index contributed by atoms with van der Waals surface area (Å²) in [7, 11) is 0. The minimum Gasteiger partial charge on any atom is -0.485 e. The second kappa shape index (κ2) is 8.36. The predicted octanol–water partition coefficient (Wildman–Crippen LogP) is 1.82. The molecule has 4 amide bonds. The molecular formula is C24H19F2N3O5. The molecule has 5 rings (SSSR count). The number of halogens is 2. The standard InChI is InChI=1S/C24H19F2N3O5/c25-17-4-2-13-8-15(11-34-21(13)20(17)26)22(31)27-9-12-1-3-16-14(7-12)10-29(24(16)33)18-5-6-19(30)28-23(18)32/h1-4,7-8,18H,5-6,9-11H2,(H,27,31)(H,28,30,32). The van der Waals surface area contributed by atoms with E-state index in [1.54, 1.807) is 18.2 Å². The minimum atomic E-state index is -1.09. The third-order valence-corrected chi connectivity index (χ3v) is 6.11. The number of piperidine rings is 1. The van der Waals surface area contributed by atoms with E-state index in [0.29, 0.717) is 5.56 Å². The van der Waals surface area contributed by atoms with Crippen LogP contribution in [0, 0.1) is 11.6 Å². The fourth-order valence-electron chi connectivity index (χ4n) is 4.35. The topological polar surface area (TPSA) is 105 Å². The quantitative estimate of drug-likeness (QED) is 0.668. The molecule has 10 heteroatoms. The van der Waals surface area contributed by atoms with Gasteiger partial charge in [-0.15, -0.1) is 0 Å². The van der Waals surface area contributed by atoms with Crippen LogP contribution in [0.3, 0.4) is 0 Å². The lowest BCUT2D eigenvalue weighted by atomic mass is 10.0. The monoisotopic (exact) mass is 467 g/mol. The van der Waals surface area contributed by atoms with Crippen LogP contribution in [-0.4, -0.2) is 41.2 Å². The van der Waals surface area contributed by atoms with Crippen molar-refractivity contribution in [2.75, 3.05) is 6.61 Å². The first-order valence-corrected chi connectivity index (χ1v) is 10.7. The van der Waals surface area contributed by atoms with Crippen molar-refractivity contribution in [2.24, 2.45) is 0 Å². The van der Waals surface area contributed by atoms with Crippen molar-refractivity contribution in [1.29, 1.82) is 0 Å². The van der Waals surface area contributed by atoms with Gasteiger partial charge in [-0.3, -0.25) is 24.5 Å². The van der Waals surface area contributed by atoms with Gasteiger partial charge in [0.05, 0.1) is 5.57 Å². The molecule has 3 aliphatic rings. The summed E-state index contributed by atoms with van der Waals surface area (Å²) < 4.78 is 32.4. The molecule has 3 aliphatic heterocycles. The summed E-state index contributed by atoms with van der Waals surface area (Å²) in [6.07, 6.45) is 1.92. The number of benzene rings is 2. The zero-order valence-corrected chi connectivity index (χ0v) is 17.8. The van der Waals surface area contributed by atoms with Crippen molar-refractivity contribution in [1.82, 2.24) is 15.5 Å². The highest BCUT2D eigenvalue weighted by Gasteiger charge is 2.39. The summed E-state index contributed by atoms with van der Waals surface area (Å²) in [4.78, 5) is 50.4. The molecule has 2 aromatic rings. The number of imide groups is 1. The molecule has 0 radical (unpaired) electrons. The van der Waals surface area contributed by atoms with Crippen molar-refractivity contribution < 1.29 is 32.7 Å². The average Bonchev–Trinajstić information content (AvgIpc) is 3.15. The van der Waals surface area contributed by atoms with E-state index in [2.05, 4.69) is 10.6 Å². The van der Waals surface area contributed by atoms with Crippen molar-refractivity contribution in [3.8, 4) is 5.75 Å². The van der Waals surface area contributed by atoms with Crippen LogP contribution in [0.2, 0.25) is 0 Å². The van der Waals surface area contributed by atoms with E-state index >= 15 is 0 Å². The fourth-order valence-corrected chi connectivity index (χ4v) is 4.35. The van der Waals surface area contributed by atoms with E-state index in [0.717, 1.165) is 17.2 Å². The molecule has 2 N–H and O–H groups in total. The number of nitrogens with zero attached hydrogens (tertiary/aromatic N) is 1. The molecule has 0 saturated carbocycles. The molecule has 0 aromatic heterocycles. The van der Waals surface area contributed by atoms with Crippen molar-refractivity contribution in [3.05, 3.63) is 69.8 Å². The Bertz CT molecular complexity index is 1290. The Kier molecular flexibility index (Phi) is 5.35. The van der Waals surface area contributed by atoms with Crippen LogP contribution in [0.15, 0.2) is 35.9 Å². The second-order valence-corrected chi connectivity index (χ2v) is 8.31. The Hall–Kier alpha value is -4.08. The molecule has 2 aromatic carbocycles. The lowest BCUT2D eigenvalue weighted by Gasteiger charge is -2.29. The van der Waals surface area contributed by atoms with E-state index < -0.39 is 29.5 Å². The van der Waals surface area contributed by atoms with Gasteiger partial charge in [-0.25, -0.2) is 4.39 Å². The van der Waals surface area contributed by atoms with Gasteiger partial charge in [0.25, 0.3) is 11.8 Å². The third kappa shape index (κ3) is 3.81. The molecule has 34 heavy (non-hydrogen) atoms. The second-order valence-electron chi connectivity index (χ2n) is 8.31. The Morgan fingerprint density at radius 2 is 2.00 bits per heavy atom. The summed E-state index contributed by atoms with van der Waals surface area (Å²) >= 11 is 0. The first kappa shape index (κ1) is 21.7. The molecular weight excluding hydrogens is 448 g/mol. The highest BCUT2D eigenvalue weighted by molar-refractivity contribution is 6.05. The number of nitrogens with one attached hydrogen (secondary N) is 2. The predicted molar refractivity (Wildman–Crippen MR) is 114 cm³/mol. The maximum Gasteiger partial charge on any atom is 0.255 e. The Morgan fingerprint density at radius 3 is 2.79 bits per heavy atom. The maximum absolute atomic E-state index is 13.8. The van der Waals surface area contributed by atoms with Crippen molar-refractivity contribution in [3.63, 3.8) is 0 Å². The van der Waals surface area contributed by atoms with E-state index in [-0.39, 0.29) is 61.2 Å². The van der Waals surface area contributed by atoms with Crippen LogP contribution in [0.25, 0.3) is 6.08 Å². The van der Waals surface area contributed by atoms with E-state index in [1.165, 1.54) is 17.0 Å². The molecule has 8 nitrogen and oxygen atoms in total. The summed E-state index contributed by atoms with van der Waals surface area (Å²) in [5, 5.41) is 5.03. The molecule has 1 unspecified atom stereocenters. The molecule has 1 fully saturated rings. The normalized spacial score (nSPS) is 19.1. The first-order valence-electron chi connectivity index (χ1n) is 10.7.